The van der Waals surface area contributed by atoms with E-state index in [9.17, 15) is 4.79 Å². The number of amides is 1. The fraction of sp³-hybridized carbons (Fsp3) is 0.455. The maximum atomic E-state index is 11.8. The summed E-state index contributed by atoms with van der Waals surface area (Å²) < 4.78 is 0. The summed E-state index contributed by atoms with van der Waals surface area (Å²) in [6.07, 6.45) is 0.436. The molecule has 6 nitrogen and oxygen atoms in total. The van der Waals surface area contributed by atoms with Crippen LogP contribution in [-0.2, 0) is 11.2 Å². The summed E-state index contributed by atoms with van der Waals surface area (Å²) in [6, 6.07) is 3.93. The molecule has 1 fully saturated rings. The van der Waals surface area contributed by atoms with Crippen molar-refractivity contribution in [2.45, 2.75) is 12.8 Å². The molecule has 0 aromatic carbocycles. The summed E-state index contributed by atoms with van der Waals surface area (Å²) in [5.74, 6) is 0.703. The van der Waals surface area contributed by atoms with Crippen molar-refractivity contribution >= 4 is 23.3 Å². The molecule has 1 N–H and O–H groups in total. The number of hydrogen-bond donors (Lipinski definition) is 1. The number of halogens is 1. The van der Waals surface area contributed by atoms with Crippen molar-refractivity contribution < 1.29 is 4.79 Å². The minimum atomic E-state index is -0.0906. The highest BCUT2D eigenvalue weighted by Crippen LogP contribution is 2.28. The average Bonchev–Trinajstić information content (AvgIpc) is 2.92. The molecule has 0 aliphatic carbocycles. The largest absolute Gasteiger partial charge is 0.294 e. The van der Waals surface area contributed by atoms with Gasteiger partial charge in [-0.3, -0.25) is 14.8 Å². The molecule has 7 heteroatoms. The number of H-pyrrole nitrogens is 1. The van der Waals surface area contributed by atoms with Gasteiger partial charge in [-0.1, -0.05) is 0 Å². The zero-order valence-electron chi connectivity index (χ0n) is 9.48. The number of carbonyl (C=O) groups excluding carboxylic acids is 1. The molecule has 2 rings (SSSR count). The highest BCUT2D eigenvalue weighted by atomic mass is 35.5. The Morgan fingerprint density at radius 2 is 2.33 bits per heavy atom. The van der Waals surface area contributed by atoms with E-state index < -0.39 is 0 Å². The van der Waals surface area contributed by atoms with Crippen LogP contribution >= 0.6 is 11.6 Å². The molecule has 0 bridgehead atoms. The molecule has 0 saturated carbocycles. The highest BCUT2D eigenvalue weighted by Gasteiger charge is 2.33. The predicted molar refractivity (Wildman–Crippen MR) is 63.8 cm³/mol. The molecule has 2 heterocycles. The molecular formula is C11H10ClN5O. The molecule has 0 spiro atoms. The van der Waals surface area contributed by atoms with Crippen molar-refractivity contribution in [3.63, 3.8) is 0 Å². The van der Waals surface area contributed by atoms with Gasteiger partial charge < -0.3 is 0 Å². The first kappa shape index (κ1) is 12.4. The molecule has 1 unspecified atom stereocenters. The minimum absolute atomic E-state index is 0.0663. The number of aromatic nitrogens is 2. The number of aromatic amines is 1. The molecule has 92 valence electrons. The topological polar surface area (TPSA) is 96.6 Å². The molecule has 18 heavy (non-hydrogen) atoms. The Morgan fingerprint density at radius 3 is 2.89 bits per heavy atom. The first-order chi connectivity index (χ1) is 8.71. The van der Waals surface area contributed by atoms with Crippen LogP contribution in [0.25, 0.3) is 0 Å². The predicted octanol–water partition coefficient (Wildman–Crippen LogP) is 0.939. The van der Waals surface area contributed by atoms with Crippen molar-refractivity contribution in [1.29, 1.82) is 10.5 Å². The molecule has 1 aromatic heterocycles. The Bertz CT molecular complexity index is 553. The molecule has 1 saturated heterocycles. The summed E-state index contributed by atoms with van der Waals surface area (Å²) in [6.45, 7) is 0.466. The van der Waals surface area contributed by atoms with Crippen molar-refractivity contribution in [2.24, 2.45) is 5.92 Å². The number of nitrogens with zero attached hydrogens (tertiary/aromatic N) is 4. The van der Waals surface area contributed by atoms with Gasteiger partial charge in [0.05, 0.1) is 18.2 Å². The Labute approximate surface area is 109 Å². The second-order valence-corrected chi connectivity index (χ2v) is 4.38. The molecule has 1 aliphatic rings. The van der Waals surface area contributed by atoms with E-state index in [2.05, 4.69) is 10.2 Å². The molecule has 0 radical (unpaired) electrons. The van der Waals surface area contributed by atoms with Crippen LogP contribution in [0.1, 0.15) is 17.7 Å². The maximum absolute atomic E-state index is 11.8. The average molecular weight is 264 g/mol. The SMILES string of the molecule is N#CCc1[nH]nc(N2CC(CCl)CC2=O)c1C#N. The maximum Gasteiger partial charge on any atom is 0.228 e. The smallest absolute Gasteiger partial charge is 0.228 e. The van der Waals surface area contributed by atoms with E-state index in [-0.39, 0.29) is 23.8 Å². The fourth-order valence-corrected chi connectivity index (χ4v) is 2.18. The van der Waals surface area contributed by atoms with E-state index in [1.54, 1.807) is 0 Å². The zero-order valence-corrected chi connectivity index (χ0v) is 10.2. The van der Waals surface area contributed by atoms with Crippen molar-refractivity contribution in [3.05, 3.63) is 11.3 Å². The van der Waals surface area contributed by atoms with Gasteiger partial charge in [-0.15, -0.1) is 11.6 Å². The highest BCUT2D eigenvalue weighted by molar-refractivity contribution is 6.18. The molecule has 1 aliphatic heterocycles. The molecule has 1 atom stereocenters. The van der Waals surface area contributed by atoms with Gasteiger partial charge in [-0.2, -0.15) is 15.6 Å². The first-order valence-corrected chi connectivity index (χ1v) is 5.95. The van der Waals surface area contributed by atoms with Gasteiger partial charge in [-0.25, -0.2) is 0 Å². The van der Waals surface area contributed by atoms with E-state index >= 15 is 0 Å². The van der Waals surface area contributed by atoms with Crippen LogP contribution in [-0.4, -0.2) is 28.5 Å². The minimum Gasteiger partial charge on any atom is -0.294 e. The Balaban J connectivity index is 2.33. The molecule has 1 aromatic rings. The summed E-state index contributed by atoms with van der Waals surface area (Å²) in [4.78, 5) is 13.3. The lowest BCUT2D eigenvalue weighted by Crippen LogP contribution is -2.25. The van der Waals surface area contributed by atoms with Crippen LogP contribution in [0.5, 0.6) is 0 Å². The fourth-order valence-electron chi connectivity index (χ4n) is 1.98. The van der Waals surface area contributed by atoms with E-state index in [0.717, 1.165) is 0 Å². The van der Waals surface area contributed by atoms with Crippen molar-refractivity contribution in [2.75, 3.05) is 17.3 Å². The lowest BCUT2D eigenvalue weighted by molar-refractivity contribution is -0.117. The molecule has 1 amide bonds. The van der Waals surface area contributed by atoms with Gasteiger partial charge in [0, 0.05) is 18.8 Å². The third-order valence-electron chi connectivity index (χ3n) is 2.87. The third kappa shape index (κ3) is 2.03. The van der Waals surface area contributed by atoms with E-state index in [1.807, 2.05) is 12.1 Å². The second kappa shape index (κ2) is 5.07. The normalized spacial score (nSPS) is 18.7. The van der Waals surface area contributed by atoms with Crippen LogP contribution in [0, 0.1) is 28.6 Å². The number of nitrogens with one attached hydrogen (secondary N) is 1. The Hall–Kier alpha value is -2.05. The van der Waals surface area contributed by atoms with Gasteiger partial charge in [-0.05, 0) is 5.92 Å². The van der Waals surface area contributed by atoms with Crippen LogP contribution < -0.4 is 4.90 Å². The Kier molecular flexibility index (Phi) is 3.50. The van der Waals surface area contributed by atoms with Gasteiger partial charge in [0.2, 0.25) is 5.91 Å². The standard InChI is InChI=1S/C11H10ClN5O/c12-4-7-3-10(18)17(6-7)11-8(5-14)9(1-2-13)15-16-11/h7H,1,3-4,6H2,(H,15,16). The number of carbonyl (C=O) groups is 1. The number of hydrogen-bond acceptors (Lipinski definition) is 4. The van der Waals surface area contributed by atoms with Crippen molar-refractivity contribution in [1.82, 2.24) is 10.2 Å². The number of nitriles is 2. The van der Waals surface area contributed by atoms with E-state index in [0.29, 0.717) is 30.4 Å². The van der Waals surface area contributed by atoms with Crippen LogP contribution in [0.4, 0.5) is 5.82 Å². The second-order valence-electron chi connectivity index (χ2n) is 4.08. The summed E-state index contributed by atoms with van der Waals surface area (Å²) in [7, 11) is 0. The van der Waals surface area contributed by atoms with Crippen molar-refractivity contribution in [3.8, 4) is 12.1 Å². The number of alkyl halides is 1. The third-order valence-corrected chi connectivity index (χ3v) is 3.31. The zero-order chi connectivity index (χ0) is 13.1. The lowest BCUT2D eigenvalue weighted by Gasteiger charge is -2.13. The quantitative estimate of drug-likeness (QED) is 0.821. The van der Waals surface area contributed by atoms with E-state index in [1.165, 1.54) is 4.90 Å². The molecular weight excluding hydrogens is 254 g/mol. The van der Waals surface area contributed by atoms with E-state index in [4.69, 9.17) is 22.1 Å². The monoisotopic (exact) mass is 263 g/mol. The lowest BCUT2D eigenvalue weighted by atomic mass is 10.1. The van der Waals surface area contributed by atoms with Gasteiger partial charge >= 0.3 is 0 Å². The Morgan fingerprint density at radius 1 is 1.56 bits per heavy atom. The number of rotatable bonds is 3. The van der Waals surface area contributed by atoms with Crippen LogP contribution in [0.2, 0.25) is 0 Å². The summed E-state index contributed by atoms with van der Waals surface area (Å²) in [5.41, 5.74) is 0.706. The summed E-state index contributed by atoms with van der Waals surface area (Å²) >= 11 is 5.74. The van der Waals surface area contributed by atoms with Gasteiger partial charge in [0.1, 0.15) is 11.6 Å². The number of anilines is 1. The van der Waals surface area contributed by atoms with Crippen LogP contribution in [0.15, 0.2) is 0 Å². The summed E-state index contributed by atoms with van der Waals surface area (Å²) in [5, 5.41) is 24.3. The first-order valence-electron chi connectivity index (χ1n) is 5.41. The van der Waals surface area contributed by atoms with Gasteiger partial charge in [0.25, 0.3) is 0 Å². The van der Waals surface area contributed by atoms with Crippen LogP contribution in [0.3, 0.4) is 0 Å². The van der Waals surface area contributed by atoms with Gasteiger partial charge in [0.15, 0.2) is 5.82 Å².